The van der Waals surface area contributed by atoms with E-state index in [2.05, 4.69) is 11.0 Å². The number of piperidine rings is 1. The summed E-state index contributed by atoms with van der Waals surface area (Å²) in [6, 6.07) is 4.22. The van der Waals surface area contributed by atoms with Gasteiger partial charge in [-0.25, -0.2) is 4.98 Å². The zero-order valence-corrected chi connectivity index (χ0v) is 11.4. The summed E-state index contributed by atoms with van der Waals surface area (Å²) in [5.41, 5.74) is 8.35. The van der Waals surface area contributed by atoms with Crippen molar-refractivity contribution < 1.29 is 4.79 Å². The van der Waals surface area contributed by atoms with Crippen molar-refractivity contribution in [1.82, 2.24) is 4.98 Å². The van der Waals surface area contributed by atoms with Gasteiger partial charge in [-0.2, -0.15) is 5.26 Å². The Morgan fingerprint density at radius 1 is 1.45 bits per heavy atom. The number of aromatic nitrogens is 1. The standard InChI is InChI=1S/C15H18N4O/c16-8-12-7-10-3-1-5-13(10)18-15(12)19-6-2-4-11(9-19)14(17)20/h7,11H,1-6,9H2,(H2,17,20). The number of rotatable bonds is 2. The lowest BCUT2D eigenvalue weighted by atomic mass is 9.97. The minimum atomic E-state index is -0.255. The number of hydrogen-bond donors (Lipinski definition) is 1. The van der Waals surface area contributed by atoms with Gasteiger partial charge in [0.2, 0.25) is 5.91 Å². The molecule has 3 rings (SSSR count). The van der Waals surface area contributed by atoms with Gasteiger partial charge in [0.1, 0.15) is 11.9 Å². The highest BCUT2D eigenvalue weighted by Gasteiger charge is 2.27. The highest BCUT2D eigenvalue weighted by molar-refractivity contribution is 5.77. The Labute approximate surface area is 118 Å². The number of nitriles is 1. The van der Waals surface area contributed by atoms with E-state index in [4.69, 9.17) is 10.7 Å². The number of hydrogen-bond acceptors (Lipinski definition) is 4. The summed E-state index contributed by atoms with van der Waals surface area (Å²) in [6.07, 6.45) is 4.86. The maximum absolute atomic E-state index is 11.4. The minimum absolute atomic E-state index is 0.134. The lowest BCUT2D eigenvalue weighted by Crippen LogP contribution is -2.42. The lowest BCUT2D eigenvalue weighted by Gasteiger charge is -2.32. The van der Waals surface area contributed by atoms with Crippen molar-refractivity contribution in [3.8, 4) is 6.07 Å². The van der Waals surface area contributed by atoms with Gasteiger partial charge in [0, 0.05) is 18.8 Å². The zero-order valence-electron chi connectivity index (χ0n) is 11.4. The minimum Gasteiger partial charge on any atom is -0.369 e. The first kappa shape index (κ1) is 12.9. The van der Waals surface area contributed by atoms with Gasteiger partial charge in [0.15, 0.2) is 0 Å². The van der Waals surface area contributed by atoms with Crippen molar-refractivity contribution >= 4 is 11.7 Å². The number of pyridine rings is 1. The molecule has 5 nitrogen and oxygen atoms in total. The number of amides is 1. The molecule has 1 atom stereocenters. The Kier molecular flexibility index (Phi) is 3.31. The third kappa shape index (κ3) is 2.22. The number of carbonyl (C=O) groups is 1. The Hall–Kier alpha value is -2.09. The van der Waals surface area contributed by atoms with E-state index in [9.17, 15) is 10.1 Å². The van der Waals surface area contributed by atoms with Gasteiger partial charge in [-0.15, -0.1) is 0 Å². The molecule has 104 valence electrons. The summed E-state index contributed by atoms with van der Waals surface area (Å²) in [5, 5.41) is 9.35. The molecule has 0 aromatic carbocycles. The van der Waals surface area contributed by atoms with Gasteiger partial charge in [-0.05, 0) is 43.7 Å². The fraction of sp³-hybridized carbons (Fsp3) is 0.533. The number of carbonyl (C=O) groups excluding carboxylic acids is 1. The largest absolute Gasteiger partial charge is 0.369 e. The highest BCUT2D eigenvalue weighted by atomic mass is 16.1. The molecule has 5 heteroatoms. The summed E-state index contributed by atoms with van der Waals surface area (Å²) < 4.78 is 0. The molecule has 1 aliphatic carbocycles. The topological polar surface area (TPSA) is 83.0 Å². The second-order valence-electron chi connectivity index (χ2n) is 5.62. The van der Waals surface area contributed by atoms with Crippen LogP contribution in [0.3, 0.4) is 0 Å². The number of nitrogens with zero attached hydrogens (tertiary/aromatic N) is 3. The predicted molar refractivity (Wildman–Crippen MR) is 75.1 cm³/mol. The first-order valence-electron chi connectivity index (χ1n) is 7.16. The second-order valence-corrected chi connectivity index (χ2v) is 5.62. The monoisotopic (exact) mass is 270 g/mol. The van der Waals surface area contributed by atoms with Crippen molar-refractivity contribution in [2.75, 3.05) is 18.0 Å². The Morgan fingerprint density at radius 2 is 2.30 bits per heavy atom. The second kappa shape index (κ2) is 5.12. The normalized spacial score (nSPS) is 21.4. The molecule has 0 radical (unpaired) electrons. The molecule has 2 heterocycles. The van der Waals surface area contributed by atoms with Crippen molar-refractivity contribution in [2.45, 2.75) is 32.1 Å². The molecule has 1 saturated heterocycles. The fourth-order valence-corrected chi connectivity index (χ4v) is 3.19. The average molecular weight is 270 g/mol. The number of nitrogens with two attached hydrogens (primary N) is 1. The Bertz CT molecular complexity index is 590. The third-order valence-electron chi connectivity index (χ3n) is 4.27. The summed E-state index contributed by atoms with van der Waals surface area (Å²) in [5.74, 6) is 0.346. The molecule has 2 N–H and O–H groups in total. The van der Waals surface area contributed by atoms with E-state index in [0.717, 1.165) is 50.2 Å². The van der Waals surface area contributed by atoms with Crippen LogP contribution in [0.25, 0.3) is 0 Å². The predicted octanol–water partition coefficient (Wildman–Crippen LogP) is 1.14. The van der Waals surface area contributed by atoms with Crippen molar-refractivity contribution in [1.29, 1.82) is 5.26 Å². The molecule has 0 spiro atoms. The van der Waals surface area contributed by atoms with Crippen LogP contribution < -0.4 is 10.6 Å². The van der Waals surface area contributed by atoms with E-state index in [-0.39, 0.29) is 11.8 Å². The molecule has 1 aliphatic heterocycles. The van der Waals surface area contributed by atoms with E-state index in [1.54, 1.807) is 0 Å². The summed E-state index contributed by atoms with van der Waals surface area (Å²) in [4.78, 5) is 18.1. The Balaban J connectivity index is 1.93. The zero-order chi connectivity index (χ0) is 14.1. The van der Waals surface area contributed by atoms with Crippen LogP contribution in [-0.4, -0.2) is 24.0 Å². The van der Waals surface area contributed by atoms with E-state index in [0.29, 0.717) is 12.1 Å². The van der Waals surface area contributed by atoms with Crippen molar-refractivity contribution in [3.63, 3.8) is 0 Å². The summed E-state index contributed by atoms with van der Waals surface area (Å²) >= 11 is 0. The summed E-state index contributed by atoms with van der Waals surface area (Å²) in [7, 11) is 0. The van der Waals surface area contributed by atoms with Crippen LogP contribution in [0.2, 0.25) is 0 Å². The molecule has 1 aromatic rings. The molecule has 2 aliphatic rings. The van der Waals surface area contributed by atoms with Gasteiger partial charge in [0.25, 0.3) is 0 Å². The van der Waals surface area contributed by atoms with E-state index < -0.39 is 0 Å². The first-order chi connectivity index (χ1) is 9.69. The van der Waals surface area contributed by atoms with Crippen LogP contribution in [0.15, 0.2) is 6.07 Å². The summed E-state index contributed by atoms with van der Waals surface area (Å²) in [6.45, 7) is 1.42. The van der Waals surface area contributed by atoms with Gasteiger partial charge in [0.05, 0.1) is 11.5 Å². The molecule has 0 bridgehead atoms. The number of primary amides is 1. The smallest absolute Gasteiger partial charge is 0.222 e. The van der Waals surface area contributed by atoms with Crippen LogP contribution in [0.1, 0.15) is 36.1 Å². The molecular formula is C15H18N4O. The fourth-order valence-electron chi connectivity index (χ4n) is 3.19. The van der Waals surface area contributed by atoms with Crippen LogP contribution in [0.5, 0.6) is 0 Å². The van der Waals surface area contributed by atoms with Crippen LogP contribution in [-0.2, 0) is 17.6 Å². The third-order valence-corrected chi connectivity index (χ3v) is 4.27. The van der Waals surface area contributed by atoms with E-state index in [1.807, 2.05) is 6.07 Å². The molecule has 0 saturated carbocycles. The first-order valence-corrected chi connectivity index (χ1v) is 7.16. The van der Waals surface area contributed by atoms with Gasteiger partial charge >= 0.3 is 0 Å². The lowest BCUT2D eigenvalue weighted by molar-refractivity contribution is -0.122. The molecule has 1 amide bonds. The van der Waals surface area contributed by atoms with Gasteiger partial charge < -0.3 is 10.6 Å². The molecule has 20 heavy (non-hydrogen) atoms. The number of aryl methyl sites for hydroxylation is 2. The number of fused-ring (bicyclic) bond motifs is 1. The SMILES string of the molecule is N#Cc1cc2c(nc1N1CCCC(C(N)=O)C1)CCC2. The van der Waals surface area contributed by atoms with Crippen LogP contribution >= 0.6 is 0 Å². The average Bonchev–Trinajstić information content (AvgIpc) is 2.93. The quantitative estimate of drug-likeness (QED) is 0.873. The van der Waals surface area contributed by atoms with Gasteiger partial charge in [-0.1, -0.05) is 0 Å². The van der Waals surface area contributed by atoms with Crippen molar-refractivity contribution in [2.24, 2.45) is 11.7 Å². The molecule has 1 unspecified atom stereocenters. The number of anilines is 1. The molecule has 1 fully saturated rings. The van der Waals surface area contributed by atoms with Crippen LogP contribution in [0.4, 0.5) is 5.82 Å². The Morgan fingerprint density at radius 3 is 3.05 bits per heavy atom. The van der Waals surface area contributed by atoms with Crippen LogP contribution in [0, 0.1) is 17.2 Å². The van der Waals surface area contributed by atoms with E-state index in [1.165, 1.54) is 5.56 Å². The molecule has 1 aromatic heterocycles. The maximum Gasteiger partial charge on any atom is 0.222 e. The van der Waals surface area contributed by atoms with Gasteiger partial charge in [-0.3, -0.25) is 4.79 Å². The highest BCUT2D eigenvalue weighted by Crippen LogP contribution is 2.29. The van der Waals surface area contributed by atoms with Crippen molar-refractivity contribution in [3.05, 3.63) is 22.9 Å². The maximum atomic E-state index is 11.4. The molecular weight excluding hydrogens is 252 g/mol. The van der Waals surface area contributed by atoms with E-state index >= 15 is 0 Å².